The summed E-state index contributed by atoms with van der Waals surface area (Å²) in [5.74, 6) is -2.87. The van der Waals surface area contributed by atoms with Crippen molar-refractivity contribution in [2.24, 2.45) is 5.92 Å². The maximum atomic E-state index is 13.6. The van der Waals surface area contributed by atoms with E-state index in [1.807, 2.05) is 19.0 Å². The molecule has 1 unspecified atom stereocenters. The highest BCUT2D eigenvalue weighted by atomic mass is 19.1. The molecule has 2 amide bonds. The Bertz CT molecular complexity index is 572. The first-order chi connectivity index (χ1) is 10.9. The molecule has 0 radical (unpaired) electrons. The van der Waals surface area contributed by atoms with Gasteiger partial charge in [-0.05, 0) is 39.2 Å². The zero-order valence-electron chi connectivity index (χ0n) is 13.3. The number of benzene rings is 1. The lowest BCUT2D eigenvalue weighted by Gasteiger charge is -2.18. The van der Waals surface area contributed by atoms with Crippen LogP contribution in [0.1, 0.15) is 12.8 Å². The molecule has 126 valence electrons. The van der Waals surface area contributed by atoms with Crippen molar-refractivity contribution in [3.8, 4) is 0 Å². The summed E-state index contributed by atoms with van der Waals surface area (Å²) in [5.41, 5.74) is -0.462. The lowest BCUT2D eigenvalue weighted by Crippen LogP contribution is -2.30. The summed E-state index contributed by atoms with van der Waals surface area (Å²) in [6, 6.07) is 3.38. The van der Waals surface area contributed by atoms with E-state index in [9.17, 15) is 18.4 Å². The molecule has 1 atom stereocenters. The molecule has 7 heteroatoms. The van der Waals surface area contributed by atoms with Gasteiger partial charge in [-0.25, -0.2) is 8.78 Å². The topological polar surface area (TPSA) is 52.6 Å². The number of anilines is 1. The van der Waals surface area contributed by atoms with Crippen molar-refractivity contribution in [1.29, 1.82) is 0 Å². The molecule has 1 aliphatic heterocycles. The zero-order chi connectivity index (χ0) is 17.0. The van der Waals surface area contributed by atoms with Gasteiger partial charge in [0.2, 0.25) is 11.8 Å². The Hall–Kier alpha value is -2.02. The van der Waals surface area contributed by atoms with Gasteiger partial charge >= 0.3 is 0 Å². The van der Waals surface area contributed by atoms with E-state index < -0.39 is 29.1 Å². The van der Waals surface area contributed by atoms with Gasteiger partial charge in [-0.3, -0.25) is 9.59 Å². The van der Waals surface area contributed by atoms with Crippen molar-refractivity contribution < 1.29 is 18.4 Å². The number of nitrogens with zero attached hydrogens (tertiary/aromatic N) is 2. The number of carbonyl (C=O) groups excluding carboxylic acids is 2. The van der Waals surface area contributed by atoms with Gasteiger partial charge in [0.1, 0.15) is 17.3 Å². The van der Waals surface area contributed by atoms with Crippen molar-refractivity contribution in [2.75, 3.05) is 39.0 Å². The minimum Gasteiger partial charge on any atom is -0.342 e. The number of hydrogen-bond donors (Lipinski definition) is 1. The first kappa shape index (κ1) is 17.3. The summed E-state index contributed by atoms with van der Waals surface area (Å²) < 4.78 is 27.1. The molecule has 1 aromatic carbocycles. The quantitative estimate of drug-likeness (QED) is 0.866. The fourth-order valence-electron chi connectivity index (χ4n) is 2.58. The van der Waals surface area contributed by atoms with Gasteiger partial charge in [0.25, 0.3) is 0 Å². The predicted molar refractivity (Wildman–Crippen MR) is 82.8 cm³/mol. The van der Waals surface area contributed by atoms with Gasteiger partial charge in [-0.2, -0.15) is 0 Å². The molecule has 0 spiro atoms. The molecule has 5 nitrogen and oxygen atoms in total. The van der Waals surface area contributed by atoms with Crippen molar-refractivity contribution in [1.82, 2.24) is 9.80 Å². The minimum absolute atomic E-state index is 0.0733. The van der Waals surface area contributed by atoms with E-state index in [1.165, 1.54) is 6.07 Å². The number of para-hydroxylation sites is 1. The molecule has 1 fully saturated rings. The summed E-state index contributed by atoms with van der Waals surface area (Å²) in [6.07, 6.45) is 0.888. The number of nitrogens with one attached hydrogen (secondary N) is 1. The van der Waals surface area contributed by atoms with Crippen LogP contribution < -0.4 is 5.32 Å². The average molecular weight is 325 g/mol. The highest BCUT2D eigenvalue weighted by Crippen LogP contribution is 2.23. The fraction of sp³-hybridized carbons (Fsp3) is 0.500. The van der Waals surface area contributed by atoms with Crippen molar-refractivity contribution >= 4 is 17.5 Å². The monoisotopic (exact) mass is 325 g/mol. The van der Waals surface area contributed by atoms with Gasteiger partial charge in [0, 0.05) is 19.5 Å². The molecule has 23 heavy (non-hydrogen) atoms. The van der Waals surface area contributed by atoms with E-state index in [4.69, 9.17) is 0 Å². The number of amides is 2. The summed E-state index contributed by atoms with van der Waals surface area (Å²) in [4.78, 5) is 27.7. The standard InChI is InChI=1S/C16H21F2N3O2/c1-20(2)7-4-8-21-10-11(9-14(21)22)16(23)19-15-12(17)5-3-6-13(15)18/h3,5-6,11H,4,7-10H2,1-2H3,(H,19,23). The number of hydrogen-bond acceptors (Lipinski definition) is 3. The smallest absolute Gasteiger partial charge is 0.229 e. The largest absolute Gasteiger partial charge is 0.342 e. The lowest BCUT2D eigenvalue weighted by atomic mass is 10.1. The van der Waals surface area contributed by atoms with Crippen LogP contribution in [0.5, 0.6) is 0 Å². The Kier molecular flexibility index (Phi) is 5.65. The van der Waals surface area contributed by atoms with Crippen LogP contribution in [0.2, 0.25) is 0 Å². The van der Waals surface area contributed by atoms with Gasteiger partial charge in [-0.1, -0.05) is 6.07 Å². The Morgan fingerprint density at radius 2 is 2.00 bits per heavy atom. The van der Waals surface area contributed by atoms with E-state index in [0.717, 1.165) is 25.1 Å². The van der Waals surface area contributed by atoms with Crippen LogP contribution in [-0.4, -0.2) is 55.3 Å². The molecule has 1 heterocycles. The maximum absolute atomic E-state index is 13.6. The van der Waals surface area contributed by atoms with Crippen LogP contribution in [0.25, 0.3) is 0 Å². The minimum atomic E-state index is -0.828. The van der Waals surface area contributed by atoms with Gasteiger partial charge < -0.3 is 15.1 Å². The molecule has 1 saturated heterocycles. The van der Waals surface area contributed by atoms with Gasteiger partial charge in [0.15, 0.2) is 0 Å². The normalized spacial score (nSPS) is 17.9. The van der Waals surface area contributed by atoms with Crippen LogP contribution in [0.4, 0.5) is 14.5 Å². The number of halogens is 2. The van der Waals surface area contributed by atoms with E-state index >= 15 is 0 Å². The molecule has 2 rings (SSSR count). The molecular weight excluding hydrogens is 304 g/mol. The van der Waals surface area contributed by atoms with Crippen LogP contribution in [-0.2, 0) is 9.59 Å². The Balaban J connectivity index is 1.92. The molecule has 0 aliphatic carbocycles. The van der Waals surface area contributed by atoms with E-state index in [2.05, 4.69) is 5.32 Å². The van der Waals surface area contributed by atoms with E-state index in [0.29, 0.717) is 6.54 Å². The first-order valence-corrected chi connectivity index (χ1v) is 7.56. The highest BCUT2D eigenvalue weighted by Gasteiger charge is 2.34. The Labute approximate surface area is 134 Å². The molecular formula is C16H21F2N3O2. The molecule has 0 bridgehead atoms. The van der Waals surface area contributed by atoms with Crippen LogP contribution >= 0.6 is 0 Å². The summed E-state index contributed by atoms with van der Waals surface area (Å²) >= 11 is 0. The summed E-state index contributed by atoms with van der Waals surface area (Å²) in [6.45, 7) is 1.71. The SMILES string of the molecule is CN(C)CCCN1CC(C(=O)Nc2c(F)cccc2F)CC1=O. The van der Waals surface area contributed by atoms with Crippen LogP contribution in [0.3, 0.4) is 0 Å². The fourth-order valence-corrected chi connectivity index (χ4v) is 2.58. The third-order valence-corrected chi connectivity index (χ3v) is 3.83. The molecule has 1 N–H and O–H groups in total. The zero-order valence-corrected chi connectivity index (χ0v) is 13.3. The molecule has 0 aromatic heterocycles. The Morgan fingerprint density at radius 1 is 1.35 bits per heavy atom. The molecule has 1 aromatic rings. The van der Waals surface area contributed by atoms with Gasteiger partial charge in [-0.15, -0.1) is 0 Å². The number of carbonyl (C=O) groups is 2. The third kappa shape index (κ3) is 4.48. The maximum Gasteiger partial charge on any atom is 0.229 e. The van der Waals surface area contributed by atoms with Crippen LogP contribution in [0, 0.1) is 17.6 Å². The van der Waals surface area contributed by atoms with Crippen LogP contribution in [0.15, 0.2) is 18.2 Å². The number of likely N-dealkylation sites (tertiary alicyclic amines) is 1. The van der Waals surface area contributed by atoms with E-state index in [-0.39, 0.29) is 18.9 Å². The Morgan fingerprint density at radius 3 is 2.61 bits per heavy atom. The second kappa shape index (κ2) is 7.50. The first-order valence-electron chi connectivity index (χ1n) is 7.56. The summed E-state index contributed by atoms with van der Waals surface area (Å²) in [5, 5.41) is 2.26. The summed E-state index contributed by atoms with van der Waals surface area (Å²) in [7, 11) is 3.90. The second-order valence-electron chi connectivity index (χ2n) is 5.98. The van der Waals surface area contributed by atoms with Gasteiger partial charge in [0.05, 0.1) is 5.92 Å². The average Bonchev–Trinajstić information content (AvgIpc) is 2.84. The lowest BCUT2D eigenvalue weighted by molar-refractivity contribution is -0.128. The molecule has 0 saturated carbocycles. The number of rotatable bonds is 6. The third-order valence-electron chi connectivity index (χ3n) is 3.83. The van der Waals surface area contributed by atoms with Crippen molar-refractivity contribution in [2.45, 2.75) is 12.8 Å². The predicted octanol–water partition coefficient (Wildman–Crippen LogP) is 1.70. The highest BCUT2D eigenvalue weighted by molar-refractivity contribution is 5.97. The van der Waals surface area contributed by atoms with Crippen molar-refractivity contribution in [3.63, 3.8) is 0 Å². The molecule has 1 aliphatic rings. The van der Waals surface area contributed by atoms with Crippen molar-refractivity contribution in [3.05, 3.63) is 29.8 Å². The van der Waals surface area contributed by atoms with E-state index in [1.54, 1.807) is 4.90 Å². The second-order valence-corrected chi connectivity index (χ2v) is 5.98.